The van der Waals surface area contributed by atoms with Gasteiger partial charge in [-0.1, -0.05) is 0 Å². The Balaban J connectivity index is 1.43. The molecule has 0 unspecified atom stereocenters. The van der Waals surface area contributed by atoms with Crippen LogP contribution in [0.1, 0.15) is 16.7 Å². The van der Waals surface area contributed by atoms with Crippen LogP contribution < -0.4 is 9.64 Å². The summed E-state index contributed by atoms with van der Waals surface area (Å²) in [6.07, 6.45) is 8.83. The molecule has 2 aliphatic heterocycles. The Bertz CT molecular complexity index is 1300. The lowest BCUT2D eigenvalue weighted by molar-refractivity contribution is 0.481. The van der Waals surface area contributed by atoms with E-state index in [1.165, 1.54) is 27.9 Å². The Kier molecular flexibility index (Phi) is 3.60. The molecule has 0 saturated carbocycles. The van der Waals surface area contributed by atoms with Crippen molar-refractivity contribution in [1.29, 1.82) is 0 Å². The molecule has 30 heavy (non-hydrogen) atoms. The lowest BCUT2D eigenvalue weighted by atomic mass is 9.95. The summed E-state index contributed by atoms with van der Waals surface area (Å²) in [5.74, 6) is 3.68. The van der Waals surface area contributed by atoms with Gasteiger partial charge in [-0.2, -0.15) is 0 Å². The average Bonchev–Trinajstić information content (AvgIpc) is 3.36. The second-order valence-corrected chi connectivity index (χ2v) is 8.26. The van der Waals surface area contributed by atoms with Gasteiger partial charge < -0.3 is 18.8 Å². The number of ether oxygens (including phenoxy) is 1. The van der Waals surface area contributed by atoms with Gasteiger partial charge >= 0.3 is 0 Å². The SMILES string of the molecule is Cc1cc(Oc2cc(C)c3c(c2)-c2nccn2CN3C)cc2c1CCn1ccnc1-2. The summed E-state index contributed by atoms with van der Waals surface area (Å²) in [7, 11) is 2.12. The number of anilines is 1. The van der Waals surface area contributed by atoms with Crippen LogP contribution in [0.25, 0.3) is 22.8 Å². The van der Waals surface area contributed by atoms with Gasteiger partial charge in [-0.05, 0) is 61.2 Å². The Morgan fingerprint density at radius 2 is 1.50 bits per heavy atom. The van der Waals surface area contributed by atoms with Crippen molar-refractivity contribution in [2.24, 2.45) is 0 Å². The van der Waals surface area contributed by atoms with Gasteiger partial charge in [-0.25, -0.2) is 9.97 Å². The summed E-state index contributed by atoms with van der Waals surface area (Å²) in [5.41, 5.74) is 7.29. The van der Waals surface area contributed by atoms with Crippen molar-refractivity contribution in [3.63, 3.8) is 0 Å². The van der Waals surface area contributed by atoms with Gasteiger partial charge in [-0.15, -0.1) is 0 Å². The molecule has 0 radical (unpaired) electrons. The summed E-state index contributed by atoms with van der Waals surface area (Å²) < 4.78 is 10.8. The van der Waals surface area contributed by atoms with Crippen molar-refractivity contribution in [1.82, 2.24) is 19.1 Å². The van der Waals surface area contributed by atoms with Crippen molar-refractivity contribution in [3.05, 3.63) is 65.7 Å². The maximum absolute atomic E-state index is 6.40. The first-order valence-corrected chi connectivity index (χ1v) is 10.3. The molecule has 2 aromatic heterocycles. The Hall–Kier alpha value is -3.54. The van der Waals surface area contributed by atoms with E-state index in [1.807, 2.05) is 24.8 Å². The van der Waals surface area contributed by atoms with Crippen LogP contribution in [0.5, 0.6) is 11.5 Å². The van der Waals surface area contributed by atoms with Gasteiger partial charge in [0.15, 0.2) is 0 Å². The molecule has 6 nitrogen and oxygen atoms in total. The smallest absolute Gasteiger partial charge is 0.143 e. The minimum Gasteiger partial charge on any atom is -0.457 e. The number of benzene rings is 2. The van der Waals surface area contributed by atoms with Gasteiger partial charge in [0.2, 0.25) is 0 Å². The number of hydrogen-bond donors (Lipinski definition) is 0. The van der Waals surface area contributed by atoms with Crippen molar-refractivity contribution >= 4 is 5.69 Å². The topological polar surface area (TPSA) is 48.1 Å². The summed E-state index contributed by atoms with van der Waals surface area (Å²) in [4.78, 5) is 11.4. The molecule has 2 aromatic carbocycles. The minimum absolute atomic E-state index is 0.806. The van der Waals surface area contributed by atoms with Gasteiger partial charge in [0.1, 0.15) is 23.1 Å². The summed E-state index contributed by atoms with van der Waals surface area (Å²) in [6.45, 7) is 6.08. The molecule has 0 saturated heterocycles. The highest BCUT2D eigenvalue weighted by atomic mass is 16.5. The van der Waals surface area contributed by atoms with E-state index in [0.29, 0.717) is 0 Å². The predicted molar refractivity (Wildman–Crippen MR) is 117 cm³/mol. The molecule has 0 aliphatic carbocycles. The molecular formula is C24H23N5O. The van der Waals surface area contributed by atoms with Crippen LogP contribution in [-0.4, -0.2) is 26.1 Å². The van der Waals surface area contributed by atoms with Gasteiger partial charge in [-0.3, -0.25) is 0 Å². The van der Waals surface area contributed by atoms with Crippen molar-refractivity contribution in [2.75, 3.05) is 11.9 Å². The monoisotopic (exact) mass is 397 g/mol. The first-order valence-electron chi connectivity index (χ1n) is 10.3. The number of nitrogens with zero attached hydrogens (tertiary/aromatic N) is 5. The number of fused-ring (bicyclic) bond motifs is 6. The summed E-state index contributed by atoms with van der Waals surface area (Å²) in [6, 6.07) is 8.48. The second kappa shape index (κ2) is 6.23. The lowest BCUT2D eigenvalue weighted by Crippen LogP contribution is -2.26. The Morgan fingerprint density at radius 3 is 2.30 bits per heavy atom. The molecule has 0 spiro atoms. The largest absolute Gasteiger partial charge is 0.457 e. The molecule has 6 rings (SSSR count). The van der Waals surface area contributed by atoms with Crippen LogP contribution in [-0.2, 0) is 19.6 Å². The quantitative estimate of drug-likeness (QED) is 0.488. The zero-order chi connectivity index (χ0) is 20.4. The van der Waals surface area contributed by atoms with Crippen molar-refractivity contribution in [3.8, 4) is 34.3 Å². The number of hydrogen-bond acceptors (Lipinski definition) is 4. The van der Waals surface area contributed by atoms with E-state index in [9.17, 15) is 0 Å². The van der Waals surface area contributed by atoms with Crippen molar-refractivity contribution < 1.29 is 4.74 Å². The molecule has 4 heterocycles. The fourth-order valence-electron chi connectivity index (χ4n) is 4.93. The van der Waals surface area contributed by atoms with Crippen LogP contribution in [0.2, 0.25) is 0 Å². The van der Waals surface area contributed by atoms with Crippen LogP contribution >= 0.6 is 0 Å². The van der Waals surface area contributed by atoms with E-state index >= 15 is 0 Å². The predicted octanol–water partition coefficient (Wildman–Crippen LogP) is 4.79. The van der Waals surface area contributed by atoms with E-state index in [-0.39, 0.29) is 0 Å². The highest BCUT2D eigenvalue weighted by molar-refractivity contribution is 5.80. The molecule has 150 valence electrons. The normalized spacial score (nSPS) is 14.0. The number of imidazole rings is 2. The molecule has 4 aromatic rings. The zero-order valence-electron chi connectivity index (χ0n) is 17.4. The molecule has 6 heteroatoms. The Morgan fingerprint density at radius 1 is 0.833 bits per heavy atom. The van der Waals surface area contributed by atoms with Crippen LogP contribution in [0, 0.1) is 13.8 Å². The summed E-state index contributed by atoms with van der Waals surface area (Å²) >= 11 is 0. The van der Waals surface area contributed by atoms with Gasteiger partial charge in [0.25, 0.3) is 0 Å². The number of aromatic nitrogens is 4. The number of aryl methyl sites for hydroxylation is 3. The lowest BCUT2D eigenvalue weighted by Gasteiger charge is -2.30. The third-order valence-electron chi connectivity index (χ3n) is 6.22. The standard InChI is InChI=1S/C24H23N5O/c1-15-10-17(12-20-19(15)4-7-28-8-5-25-23(20)28)30-18-11-16(2)22-21(13-18)24-26-6-9-29(24)14-27(22)3/h5-6,8-13H,4,7,14H2,1-3H3. The molecule has 0 amide bonds. The summed E-state index contributed by atoms with van der Waals surface area (Å²) in [5, 5.41) is 0. The molecular weight excluding hydrogens is 374 g/mol. The highest BCUT2D eigenvalue weighted by Crippen LogP contribution is 2.41. The maximum Gasteiger partial charge on any atom is 0.143 e. The minimum atomic E-state index is 0.806. The zero-order valence-corrected chi connectivity index (χ0v) is 17.4. The molecule has 2 aliphatic rings. The average molecular weight is 397 g/mol. The molecule has 0 N–H and O–H groups in total. The first kappa shape index (κ1) is 17.3. The maximum atomic E-state index is 6.40. The first-order chi connectivity index (χ1) is 14.6. The van der Waals surface area contributed by atoms with Gasteiger partial charge in [0, 0.05) is 49.5 Å². The molecule has 0 atom stereocenters. The van der Waals surface area contributed by atoms with E-state index in [4.69, 9.17) is 4.74 Å². The van der Waals surface area contributed by atoms with E-state index < -0.39 is 0 Å². The van der Waals surface area contributed by atoms with Crippen LogP contribution in [0.3, 0.4) is 0 Å². The molecule has 0 bridgehead atoms. The third-order valence-corrected chi connectivity index (χ3v) is 6.22. The third kappa shape index (κ3) is 2.49. The van der Waals surface area contributed by atoms with Crippen molar-refractivity contribution in [2.45, 2.75) is 33.5 Å². The van der Waals surface area contributed by atoms with Gasteiger partial charge in [0.05, 0.1) is 12.4 Å². The fraction of sp³-hybridized carbons (Fsp3) is 0.250. The van der Waals surface area contributed by atoms with Crippen LogP contribution in [0.4, 0.5) is 5.69 Å². The van der Waals surface area contributed by atoms with Crippen LogP contribution in [0.15, 0.2) is 49.1 Å². The molecule has 0 fully saturated rings. The van der Waals surface area contributed by atoms with E-state index in [0.717, 1.165) is 48.3 Å². The van der Waals surface area contributed by atoms with E-state index in [2.05, 4.69) is 69.2 Å². The Labute approximate surface area is 175 Å². The van der Waals surface area contributed by atoms with E-state index in [1.54, 1.807) is 0 Å². The fourth-order valence-corrected chi connectivity index (χ4v) is 4.93. The highest BCUT2D eigenvalue weighted by Gasteiger charge is 2.24. The number of rotatable bonds is 2. The second-order valence-electron chi connectivity index (χ2n) is 8.26.